The van der Waals surface area contributed by atoms with Crippen molar-refractivity contribution in [3.63, 3.8) is 0 Å². The van der Waals surface area contributed by atoms with Gasteiger partial charge in [-0.3, -0.25) is 15.1 Å². The summed E-state index contributed by atoms with van der Waals surface area (Å²) in [6, 6.07) is 6.12. The number of rotatable bonds is 4. The summed E-state index contributed by atoms with van der Waals surface area (Å²) >= 11 is 0. The Bertz CT molecular complexity index is 871. The molecule has 9 heteroatoms. The fraction of sp³-hybridized carbons (Fsp3) is 0.333. The van der Waals surface area contributed by atoms with Crippen molar-refractivity contribution in [3.8, 4) is 11.3 Å². The molecule has 142 valence electrons. The minimum Gasteiger partial charge on any atom is -0.458 e. The Balaban J connectivity index is 1.86. The van der Waals surface area contributed by atoms with Crippen molar-refractivity contribution in [2.45, 2.75) is 31.9 Å². The number of imide groups is 1. The molecule has 0 aromatic carbocycles. The summed E-state index contributed by atoms with van der Waals surface area (Å²) in [6.07, 6.45) is 2.53. The number of hydrogen-bond acceptors (Lipinski definition) is 6. The molecule has 2 aromatic heterocycles. The van der Waals surface area contributed by atoms with Gasteiger partial charge >= 0.3 is 12.1 Å². The van der Waals surface area contributed by atoms with Crippen LogP contribution < -0.4 is 16.0 Å². The Hall–Kier alpha value is -3.36. The van der Waals surface area contributed by atoms with E-state index in [1.165, 1.54) is 0 Å². The van der Waals surface area contributed by atoms with E-state index < -0.39 is 29.2 Å². The lowest BCUT2D eigenvalue weighted by Gasteiger charge is -2.25. The number of alkyl carbamates (subject to hydrolysis) is 1. The summed E-state index contributed by atoms with van der Waals surface area (Å²) in [5.41, 5.74) is -1.56. The molecule has 3 heterocycles. The Morgan fingerprint density at radius 2 is 2.07 bits per heavy atom. The van der Waals surface area contributed by atoms with Gasteiger partial charge in [0.05, 0.1) is 6.54 Å². The van der Waals surface area contributed by atoms with Gasteiger partial charge in [-0.15, -0.1) is 0 Å². The van der Waals surface area contributed by atoms with Crippen LogP contribution in [0.1, 0.15) is 26.5 Å². The molecule has 27 heavy (non-hydrogen) atoms. The number of carbonyl (C=O) groups is 3. The highest BCUT2D eigenvalue weighted by Gasteiger charge is 2.50. The molecule has 1 saturated heterocycles. The predicted octanol–water partition coefficient (Wildman–Crippen LogP) is 1.90. The maximum atomic E-state index is 12.5. The number of urea groups is 1. The third-order valence-corrected chi connectivity index (χ3v) is 3.81. The molecule has 4 amide bonds. The van der Waals surface area contributed by atoms with Crippen LogP contribution in [0.4, 0.5) is 9.59 Å². The van der Waals surface area contributed by atoms with Crippen molar-refractivity contribution < 1.29 is 23.5 Å². The van der Waals surface area contributed by atoms with Crippen molar-refractivity contribution in [1.82, 2.24) is 20.9 Å². The third-order valence-electron chi connectivity index (χ3n) is 3.81. The summed E-state index contributed by atoms with van der Waals surface area (Å²) < 4.78 is 11.0. The van der Waals surface area contributed by atoms with E-state index in [0.29, 0.717) is 11.3 Å². The predicted molar refractivity (Wildman–Crippen MR) is 94.5 cm³/mol. The van der Waals surface area contributed by atoms with Crippen LogP contribution in [0.3, 0.4) is 0 Å². The van der Waals surface area contributed by atoms with Gasteiger partial charge in [0.15, 0.2) is 5.54 Å². The Morgan fingerprint density at radius 3 is 2.67 bits per heavy atom. The highest BCUT2D eigenvalue weighted by molar-refractivity contribution is 6.07. The fourth-order valence-electron chi connectivity index (χ4n) is 2.63. The number of hydrogen-bond donors (Lipinski definition) is 3. The number of nitrogens with one attached hydrogen (secondary N) is 3. The van der Waals surface area contributed by atoms with E-state index in [4.69, 9.17) is 9.15 Å². The third kappa shape index (κ3) is 3.91. The van der Waals surface area contributed by atoms with Crippen molar-refractivity contribution in [2.24, 2.45) is 0 Å². The van der Waals surface area contributed by atoms with E-state index in [-0.39, 0.29) is 12.3 Å². The van der Waals surface area contributed by atoms with Crippen molar-refractivity contribution in [2.75, 3.05) is 6.54 Å². The van der Waals surface area contributed by atoms with Crippen LogP contribution in [0.25, 0.3) is 11.3 Å². The van der Waals surface area contributed by atoms with Crippen molar-refractivity contribution in [1.29, 1.82) is 0 Å². The summed E-state index contributed by atoms with van der Waals surface area (Å²) in [5.74, 6) is 0.0279. The second kappa shape index (κ2) is 6.75. The number of amides is 4. The van der Waals surface area contributed by atoms with Gasteiger partial charge in [-0.2, -0.15) is 0 Å². The molecule has 3 N–H and O–H groups in total. The van der Waals surface area contributed by atoms with Gasteiger partial charge in [0.2, 0.25) is 0 Å². The molecule has 0 spiro atoms. The first-order valence-electron chi connectivity index (χ1n) is 8.31. The van der Waals surface area contributed by atoms with Gasteiger partial charge in [0, 0.05) is 18.0 Å². The van der Waals surface area contributed by atoms with E-state index >= 15 is 0 Å². The molecule has 1 aliphatic rings. The van der Waals surface area contributed by atoms with Crippen LogP contribution in [-0.2, 0) is 15.1 Å². The monoisotopic (exact) mass is 372 g/mol. The Morgan fingerprint density at radius 1 is 1.30 bits per heavy atom. The summed E-state index contributed by atoms with van der Waals surface area (Å²) in [4.78, 5) is 40.3. The number of furan rings is 1. The largest absolute Gasteiger partial charge is 0.458 e. The maximum absolute atomic E-state index is 12.5. The highest BCUT2D eigenvalue weighted by atomic mass is 16.6. The first-order valence-corrected chi connectivity index (χ1v) is 8.31. The first kappa shape index (κ1) is 18.4. The molecule has 0 aliphatic carbocycles. The molecule has 1 aliphatic heterocycles. The lowest BCUT2D eigenvalue weighted by Crippen LogP contribution is -2.52. The average Bonchev–Trinajstić information content (AvgIpc) is 3.18. The molecular formula is C18H20N4O5. The highest BCUT2D eigenvalue weighted by Crippen LogP contribution is 2.30. The number of ether oxygens (including phenoxy) is 1. The van der Waals surface area contributed by atoms with E-state index in [2.05, 4.69) is 20.9 Å². The zero-order valence-electron chi connectivity index (χ0n) is 15.2. The summed E-state index contributed by atoms with van der Waals surface area (Å²) in [6.45, 7) is 4.93. The summed E-state index contributed by atoms with van der Waals surface area (Å²) in [5, 5.41) is 7.22. The molecule has 0 unspecified atom stereocenters. The first-order chi connectivity index (χ1) is 12.7. The van der Waals surface area contributed by atoms with Gasteiger partial charge in [-0.25, -0.2) is 9.59 Å². The van der Waals surface area contributed by atoms with Gasteiger partial charge in [0.25, 0.3) is 5.91 Å². The van der Waals surface area contributed by atoms with Gasteiger partial charge in [-0.05, 0) is 45.0 Å². The molecule has 0 bridgehead atoms. The van der Waals surface area contributed by atoms with Crippen molar-refractivity contribution >= 4 is 18.0 Å². The molecule has 0 saturated carbocycles. The zero-order chi connectivity index (χ0) is 19.7. The maximum Gasteiger partial charge on any atom is 0.407 e. The molecule has 0 radical (unpaired) electrons. The molecular weight excluding hydrogens is 352 g/mol. The quantitative estimate of drug-likeness (QED) is 0.705. The van der Waals surface area contributed by atoms with E-state index in [0.717, 1.165) is 0 Å². The zero-order valence-corrected chi connectivity index (χ0v) is 15.2. The SMILES string of the molecule is CC(C)(C)OC(=O)NC[C@@]1(c2ccc(-c3cccnc3)o2)NC(=O)NC1=O. The normalized spacial score (nSPS) is 19.4. The number of carbonyl (C=O) groups excluding carboxylic acids is 3. The molecule has 3 rings (SSSR count). The van der Waals surface area contributed by atoms with Gasteiger partial charge < -0.3 is 19.8 Å². The molecule has 1 fully saturated rings. The topological polar surface area (TPSA) is 123 Å². The van der Waals surface area contributed by atoms with E-state index in [9.17, 15) is 14.4 Å². The second-order valence-electron chi connectivity index (χ2n) is 7.07. The lowest BCUT2D eigenvalue weighted by molar-refractivity contribution is -0.124. The van der Waals surface area contributed by atoms with Crippen LogP contribution in [0.2, 0.25) is 0 Å². The minimum atomic E-state index is -1.57. The van der Waals surface area contributed by atoms with E-state index in [1.807, 2.05) is 0 Å². The Labute approximate surface area is 155 Å². The fourth-order valence-corrected chi connectivity index (χ4v) is 2.63. The van der Waals surface area contributed by atoms with Crippen LogP contribution >= 0.6 is 0 Å². The van der Waals surface area contributed by atoms with Gasteiger partial charge in [0.1, 0.15) is 17.1 Å². The van der Waals surface area contributed by atoms with Crippen LogP contribution in [-0.4, -0.2) is 35.2 Å². The lowest BCUT2D eigenvalue weighted by atomic mass is 9.96. The number of nitrogens with zero attached hydrogens (tertiary/aromatic N) is 1. The molecule has 2 aromatic rings. The number of pyridine rings is 1. The smallest absolute Gasteiger partial charge is 0.407 e. The number of aromatic nitrogens is 1. The van der Waals surface area contributed by atoms with Gasteiger partial charge in [-0.1, -0.05) is 0 Å². The van der Waals surface area contributed by atoms with Crippen LogP contribution in [0, 0.1) is 0 Å². The average molecular weight is 372 g/mol. The second-order valence-corrected chi connectivity index (χ2v) is 7.07. The molecule has 9 nitrogen and oxygen atoms in total. The standard InChI is InChI=1S/C18H20N4O5/c1-17(2,3)27-16(25)20-10-18(14(23)21-15(24)22-18)13-7-6-12(26-13)11-5-4-8-19-9-11/h4-9H,10H2,1-3H3,(H,20,25)(H2,21,22,23,24)/t18-/m0/s1. The molecule has 1 atom stereocenters. The summed E-state index contributed by atoms with van der Waals surface area (Å²) in [7, 11) is 0. The minimum absolute atomic E-state index is 0.181. The van der Waals surface area contributed by atoms with Crippen LogP contribution in [0.15, 0.2) is 41.1 Å². The Kier molecular flexibility index (Phi) is 4.61. The van der Waals surface area contributed by atoms with E-state index in [1.54, 1.807) is 57.4 Å². The van der Waals surface area contributed by atoms with Crippen molar-refractivity contribution in [3.05, 3.63) is 42.4 Å². The van der Waals surface area contributed by atoms with Crippen LogP contribution in [0.5, 0.6) is 0 Å².